The molecule has 3 nitrogen and oxygen atoms in total. The van der Waals surface area contributed by atoms with Gasteiger partial charge in [0.05, 0.1) is 10.6 Å². The number of carbonyl (C=O) groups excluding carboxylic acids is 1. The summed E-state index contributed by atoms with van der Waals surface area (Å²) in [5, 5.41) is 3.35. The van der Waals surface area contributed by atoms with Crippen LogP contribution in [0.5, 0.6) is 0 Å². The molecule has 0 fully saturated rings. The van der Waals surface area contributed by atoms with Gasteiger partial charge in [0, 0.05) is 24.7 Å². The quantitative estimate of drug-likeness (QED) is 0.553. The van der Waals surface area contributed by atoms with Crippen LogP contribution >= 0.6 is 23.4 Å². The largest absolute Gasteiger partial charge is 0.381 e. The van der Waals surface area contributed by atoms with Gasteiger partial charge in [-0.05, 0) is 37.3 Å². The third-order valence-corrected chi connectivity index (χ3v) is 3.87. The molecule has 1 aromatic carbocycles. The molecule has 1 N–H and O–H groups in total. The number of hydrogen-bond donors (Lipinski definition) is 1. The van der Waals surface area contributed by atoms with Crippen molar-refractivity contribution in [2.24, 2.45) is 0 Å². The van der Waals surface area contributed by atoms with Gasteiger partial charge in [-0.2, -0.15) is 0 Å². The fraction of sp³-hybridized carbons (Fsp3) is 0.533. The van der Waals surface area contributed by atoms with Crippen molar-refractivity contribution in [3.63, 3.8) is 0 Å². The third kappa shape index (κ3) is 6.16. The predicted octanol–water partition coefficient (Wildman–Crippen LogP) is 4.00. The Morgan fingerprint density at radius 2 is 2.10 bits per heavy atom. The minimum Gasteiger partial charge on any atom is -0.381 e. The van der Waals surface area contributed by atoms with Crippen LogP contribution in [0.1, 0.15) is 36.5 Å². The van der Waals surface area contributed by atoms with Crippen molar-refractivity contribution < 1.29 is 9.53 Å². The Labute approximate surface area is 130 Å². The van der Waals surface area contributed by atoms with E-state index in [2.05, 4.69) is 12.2 Å². The van der Waals surface area contributed by atoms with Gasteiger partial charge in [0.15, 0.2) is 0 Å². The second kappa shape index (κ2) is 10.1. The molecule has 0 aliphatic heterocycles. The second-order valence-electron chi connectivity index (χ2n) is 4.42. The molecule has 0 heterocycles. The molecule has 0 spiro atoms. The van der Waals surface area contributed by atoms with E-state index in [0.717, 1.165) is 30.8 Å². The molecular formula is C15H22ClNO2S. The zero-order chi connectivity index (χ0) is 14.8. The Bertz CT molecular complexity index is 426. The Morgan fingerprint density at radius 1 is 1.35 bits per heavy atom. The number of nitrogens with one attached hydrogen (secondary N) is 1. The summed E-state index contributed by atoms with van der Waals surface area (Å²) < 4.78 is 5.44. The van der Waals surface area contributed by atoms with E-state index in [1.807, 2.05) is 18.4 Å². The van der Waals surface area contributed by atoms with E-state index in [1.165, 1.54) is 0 Å². The fourth-order valence-electron chi connectivity index (χ4n) is 1.63. The van der Waals surface area contributed by atoms with Gasteiger partial charge in [0.2, 0.25) is 0 Å². The zero-order valence-corrected chi connectivity index (χ0v) is 13.6. The van der Waals surface area contributed by atoms with E-state index < -0.39 is 0 Å². The Balaban J connectivity index is 2.32. The van der Waals surface area contributed by atoms with E-state index >= 15 is 0 Å². The molecule has 1 aromatic rings. The maximum atomic E-state index is 12.0. The van der Waals surface area contributed by atoms with Crippen LogP contribution in [0.25, 0.3) is 0 Å². The number of hydrogen-bond acceptors (Lipinski definition) is 3. The van der Waals surface area contributed by atoms with Crippen molar-refractivity contribution in [1.82, 2.24) is 5.32 Å². The first-order valence-electron chi connectivity index (χ1n) is 6.88. The van der Waals surface area contributed by atoms with Gasteiger partial charge in [-0.15, -0.1) is 11.8 Å². The van der Waals surface area contributed by atoms with Crippen molar-refractivity contribution in [2.75, 3.05) is 26.0 Å². The molecule has 20 heavy (non-hydrogen) atoms. The van der Waals surface area contributed by atoms with Gasteiger partial charge in [-0.3, -0.25) is 4.79 Å². The molecule has 1 rings (SSSR count). The summed E-state index contributed by atoms with van der Waals surface area (Å²) in [6.45, 7) is 4.21. The standard InChI is InChI=1S/C15H22ClNO2S/c1-3-4-9-19-10-5-8-17-15(18)13-11-12(20-2)6-7-14(13)16/h6-7,11H,3-5,8-10H2,1-2H3,(H,17,18). The van der Waals surface area contributed by atoms with Crippen LogP contribution in [0.15, 0.2) is 23.1 Å². The lowest BCUT2D eigenvalue weighted by Crippen LogP contribution is -2.25. The van der Waals surface area contributed by atoms with Crippen molar-refractivity contribution in [3.8, 4) is 0 Å². The second-order valence-corrected chi connectivity index (χ2v) is 5.71. The normalized spacial score (nSPS) is 10.6. The summed E-state index contributed by atoms with van der Waals surface area (Å²) in [5.41, 5.74) is 0.533. The van der Waals surface area contributed by atoms with Crippen LogP contribution in [0, 0.1) is 0 Å². The molecule has 5 heteroatoms. The van der Waals surface area contributed by atoms with E-state index in [1.54, 1.807) is 17.8 Å². The summed E-state index contributed by atoms with van der Waals surface area (Å²) >= 11 is 7.64. The number of unbranched alkanes of at least 4 members (excludes halogenated alkanes) is 1. The highest BCUT2D eigenvalue weighted by Crippen LogP contribution is 2.22. The molecule has 1 amide bonds. The van der Waals surface area contributed by atoms with Gasteiger partial charge in [0.1, 0.15) is 0 Å². The number of amides is 1. The summed E-state index contributed by atoms with van der Waals surface area (Å²) in [4.78, 5) is 13.1. The molecule has 0 aromatic heterocycles. The van der Waals surface area contributed by atoms with Crippen LogP contribution in [-0.2, 0) is 4.74 Å². The van der Waals surface area contributed by atoms with Gasteiger partial charge >= 0.3 is 0 Å². The molecule has 112 valence electrons. The van der Waals surface area contributed by atoms with Crippen molar-refractivity contribution in [1.29, 1.82) is 0 Å². The number of rotatable bonds is 9. The first-order chi connectivity index (χ1) is 9.69. The topological polar surface area (TPSA) is 38.3 Å². The summed E-state index contributed by atoms with van der Waals surface area (Å²) in [6, 6.07) is 5.49. The van der Waals surface area contributed by atoms with Crippen molar-refractivity contribution in [3.05, 3.63) is 28.8 Å². The van der Waals surface area contributed by atoms with Crippen LogP contribution in [0.4, 0.5) is 0 Å². The van der Waals surface area contributed by atoms with Crippen molar-refractivity contribution in [2.45, 2.75) is 31.1 Å². The number of ether oxygens (including phenoxy) is 1. The van der Waals surface area contributed by atoms with Gasteiger partial charge in [0.25, 0.3) is 5.91 Å². The Hall–Kier alpha value is -0.710. The number of carbonyl (C=O) groups is 1. The lowest BCUT2D eigenvalue weighted by atomic mass is 10.2. The van der Waals surface area contributed by atoms with Gasteiger partial charge in [-0.1, -0.05) is 24.9 Å². The van der Waals surface area contributed by atoms with Gasteiger partial charge < -0.3 is 10.1 Å². The summed E-state index contributed by atoms with van der Waals surface area (Å²) in [6.07, 6.45) is 5.01. The van der Waals surface area contributed by atoms with E-state index in [9.17, 15) is 4.79 Å². The van der Waals surface area contributed by atoms with Crippen LogP contribution in [-0.4, -0.2) is 31.9 Å². The number of thioether (sulfide) groups is 1. The lowest BCUT2D eigenvalue weighted by molar-refractivity contribution is 0.0940. The third-order valence-electron chi connectivity index (χ3n) is 2.81. The molecule has 0 saturated carbocycles. The predicted molar refractivity (Wildman–Crippen MR) is 85.9 cm³/mol. The minimum atomic E-state index is -0.126. The average molecular weight is 316 g/mol. The monoisotopic (exact) mass is 315 g/mol. The van der Waals surface area contributed by atoms with E-state index in [0.29, 0.717) is 23.7 Å². The maximum Gasteiger partial charge on any atom is 0.252 e. The molecule has 0 radical (unpaired) electrons. The molecular weight excluding hydrogens is 294 g/mol. The Morgan fingerprint density at radius 3 is 2.80 bits per heavy atom. The molecule has 0 saturated heterocycles. The van der Waals surface area contributed by atoms with E-state index in [-0.39, 0.29) is 5.91 Å². The highest BCUT2D eigenvalue weighted by atomic mass is 35.5. The summed E-state index contributed by atoms with van der Waals surface area (Å²) in [5.74, 6) is -0.126. The Kier molecular flexibility index (Phi) is 8.74. The minimum absolute atomic E-state index is 0.126. The zero-order valence-electron chi connectivity index (χ0n) is 12.1. The molecule has 0 aliphatic carbocycles. The lowest BCUT2D eigenvalue weighted by Gasteiger charge is -2.08. The smallest absolute Gasteiger partial charge is 0.252 e. The first kappa shape index (κ1) is 17.3. The fourth-order valence-corrected chi connectivity index (χ4v) is 2.27. The summed E-state index contributed by atoms with van der Waals surface area (Å²) in [7, 11) is 0. The highest BCUT2D eigenvalue weighted by molar-refractivity contribution is 7.98. The van der Waals surface area contributed by atoms with Gasteiger partial charge in [-0.25, -0.2) is 0 Å². The average Bonchev–Trinajstić information content (AvgIpc) is 2.46. The number of halogens is 1. The van der Waals surface area contributed by atoms with Crippen LogP contribution < -0.4 is 5.32 Å². The SMILES string of the molecule is CCCCOCCCNC(=O)c1cc(SC)ccc1Cl. The van der Waals surface area contributed by atoms with Crippen LogP contribution in [0.2, 0.25) is 5.02 Å². The molecule has 0 bridgehead atoms. The van der Waals surface area contributed by atoms with Crippen molar-refractivity contribution >= 4 is 29.3 Å². The number of benzene rings is 1. The highest BCUT2D eigenvalue weighted by Gasteiger charge is 2.10. The maximum absolute atomic E-state index is 12.0. The van der Waals surface area contributed by atoms with E-state index in [4.69, 9.17) is 16.3 Å². The molecule has 0 aliphatic rings. The molecule has 0 unspecified atom stereocenters. The first-order valence-corrected chi connectivity index (χ1v) is 8.48. The molecule has 0 atom stereocenters. The van der Waals surface area contributed by atoms with Crippen LogP contribution in [0.3, 0.4) is 0 Å².